The monoisotopic (exact) mass is 279 g/mol. The van der Waals surface area contributed by atoms with Crippen LogP contribution in [0.15, 0.2) is 4.99 Å². The molecule has 1 aliphatic heterocycles. The largest absolute Gasteiger partial charge is 0.281 e. The quantitative estimate of drug-likeness (QED) is 0.506. The lowest BCUT2D eigenvalue weighted by atomic mass is 10.2. The van der Waals surface area contributed by atoms with E-state index in [2.05, 4.69) is 11.9 Å². The highest BCUT2D eigenvalue weighted by Crippen LogP contribution is 2.20. The maximum atomic E-state index is 11.8. The first-order valence-corrected chi connectivity index (χ1v) is 8.59. The molecule has 0 saturated heterocycles. The molecular weight excluding hydrogens is 258 g/mol. The molecule has 1 heterocycles. The van der Waals surface area contributed by atoms with Crippen molar-refractivity contribution >= 4 is 26.9 Å². The van der Waals surface area contributed by atoms with Gasteiger partial charge in [-0.3, -0.25) is 9.18 Å². The molecule has 0 spiro atoms. The van der Waals surface area contributed by atoms with Crippen LogP contribution in [0.25, 0.3) is 0 Å². The Morgan fingerprint density at radius 2 is 2.18 bits per heavy atom. The zero-order chi connectivity index (χ0) is 12.7. The molecule has 1 unspecified atom stereocenters. The molecule has 0 aliphatic carbocycles. The van der Waals surface area contributed by atoms with E-state index in [1.165, 1.54) is 11.8 Å². The van der Waals surface area contributed by atoms with Crippen LogP contribution >= 0.6 is 11.8 Å². The number of unbranched alkanes of at least 4 members (excludes halogenated alkanes) is 3. The van der Waals surface area contributed by atoms with Gasteiger partial charge in [-0.1, -0.05) is 26.2 Å². The molecule has 0 radical (unpaired) electrons. The van der Waals surface area contributed by atoms with Gasteiger partial charge in [0, 0.05) is 12.3 Å². The number of thioether (sulfide) groups is 1. The van der Waals surface area contributed by atoms with Gasteiger partial charge in [-0.25, -0.2) is 0 Å². The van der Waals surface area contributed by atoms with Crippen molar-refractivity contribution in [2.24, 2.45) is 4.99 Å². The third kappa shape index (κ3) is 4.97. The topological polar surface area (TPSA) is 55.7 Å². The highest BCUT2D eigenvalue weighted by molar-refractivity contribution is 8.15. The van der Waals surface area contributed by atoms with Crippen LogP contribution < -0.4 is 0 Å². The molecule has 0 N–H and O–H groups in total. The number of aliphatic imine (C=N–C) groups is 1. The predicted molar refractivity (Wildman–Crippen MR) is 73.2 cm³/mol. The van der Waals surface area contributed by atoms with E-state index >= 15 is 0 Å². The summed E-state index contributed by atoms with van der Waals surface area (Å²) in [6.45, 7) is 4.79. The normalized spacial score (nSPS) is 18.1. The summed E-state index contributed by atoms with van der Waals surface area (Å²) in [5.74, 6) is 0.881. The minimum absolute atomic E-state index is 0.296. The number of rotatable bonds is 8. The lowest BCUT2D eigenvalue weighted by molar-refractivity contribution is 0.305. The van der Waals surface area contributed by atoms with Gasteiger partial charge in [-0.05, 0) is 13.3 Å². The van der Waals surface area contributed by atoms with Gasteiger partial charge in [0.2, 0.25) is 0 Å². The Labute approximate surface area is 108 Å². The molecular formula is C11H21NO3S2. The van der Waals surface area contributed by atoms with E-state index in [9.17, 15) is 8.42 Å². The molecule has 0 aromatic rings. The summed E-state index contributed by atoms with van der Waals surface area (Å²) in [6, 6.07) is 0. The van der Waals surface area contributed by atoms with E-state index in [1.807, 2.05) is 0 Å². The van der Waals surface area contributed by atoms with Crippen LogP contribution in [-0.2, 0) is 14.3 Å². The van der Waals surface area contributed by atoms with Crippen LogP contribution in [0.3, 0.4) is 0 Å². The van der Waals surface area contributed by atoms with E-state index in [4.69, 9.17) is 4.18 Å². The number of hydrogen-bond donors (Lipinski definition) is 0. The second-order valence-electron chi connectivity index (χ2n) is 4.09. The molecule has 0 fully saturated rings. The van der Waals surface area contributed by atoms with E-state index in [0.717, 1.165) is 38.0 Å². The summed E-state index contributed by atoms with van der Waals surface area (Å²) in [6.07, 6.45) is 4.09. The highest BCUT2D eigenvalue weighted by Gasteiger charge is 2.28. The van der Waals surface area contributed by atoms with Crippen molar-refractivity contribution in [2.45, 2.75) is 44.8 Å². The Hall–Kier alpha value is -0.0700. The minimum Gasteiger partial charge on any atom is -0.281 e. The Morgan fingerprint density at radius 1 is 1.41 bits per heavy atom. The van der Waals surface area contributed by atoms with Gasteiger partial charge < -0.3 is 0 Å². The number of nitrogens with zero attached hydrogens (tertiary/aromatic N) is 1. The van der Waals surface area contributed by atoms with Crippen LogP contribution in [0.1, 0.15) is 39.5 Å². The van der Waals surface area contributed by atoms with Crippen molar-refractivity contribution in [3.63, 3.8) is 0 Å². The van der Waals surface area contributed by atoms with Crippen molar-refractivity contribution in [2.75, 3.05) is 18.9 Å². The van der Waals surface area contributed by atoms with E-state index in [0.29, 0.717) is 11.7 Å². The molecule has 1 rings (SSSR count). The predicted octanol–water partition coefficient (Wildman–Crippen LogP) is 2.45. The van der Waals surface area contributed by atoms with Gasteiger partial charge in [-0.15, -0.1) is 11.8 Å². The zero-order valence-electron chi connectivity index (χ0n) is 10.5. The van der Waals surface area contributed by atoms with Crippen LogP contribution in [0.5, 0.6) is 0 Å². The Kier molecular flexibility index (Phi) is 6.51. The average molecular weight is 279 g/mol. The summed E-state index contributed by atoms with van der Waals surface area (Å²) in [5.41, 5.74) is 0. The third-order valence-corrected chi connectivity index (χ3v) is 5.53. The van der Waals surface area contributed by atoms with E-state index in [-0.39, 0.29) is 0 Å². The molecule has 0 amide bonds. The molecule has 0 saturated carbocycles. The first kappa shape index (κ1) is 15.0. The molecule has 4 nitrogen and oxygen atoms in total. The SMILES string of the molecule is CCCCCCOS(=O)(=O)C(C)C1=NCCS1. The van der Waals surface area contributed by atoms with Crippen molar-refractivity contribution in [1.29, 1.82) is 0 Å². The first-order valence-electron chi connectivity index (χ1n) is 6.13. The Balaban J connectivity index is 2.34. The van der Waals surface area contributed by atoms with Gasteiger partial charge >= 0.3 is 0 Å². The zero-order valence-corrected chi connectivity index (χ0v) is 12.1. The summed E-state index contributed by atoms with van der Waals surface area (Å²) >= 11 is 1.52. The van der Waals surface area contributed by atoms with Gasteiger partial charge in [-0.2, -0.15) is 8.42 Å². The fourth-order valence-electron chi connectivity index (χ4n) is 1.53. The lowest BCUT2D eigenvalue weighted by Gasteiger charge is -2.12. The number of hydrogen-bond acceptors (Lipinski definition) is 5. The lowest BCUT2D eigenvalue weighted by Crippen LogP contribution is -2.26. The second-order valence-corrected chi connectivity index (χ2v) is 7.13. The highest BCUT2D eigenvalue weighted by atomic mass is 32.2. The average Bonchev–Trinajstić information content (AvgIpc) is 2.81. The van der Waals surface area contributed by atoms with E-state index < -0.39 is 15.4 Å². The minimum atomic E-state index is -3.48. The molecule has 100 valence electrons. The molecule has 1 atom stereocenters. The summed E-state index contributed by atoms with van der Waals surface area (Å²) in [5, 5.41) is 0.0831. The Bertz CT molecular complexity index is 352. The van der Waals surface area contributed by atoms with Crippen molar-refractivity contribution in [3.05, 3.63) is 0 Å². The molecule has 0 aromatic carbocycles. The first-order chi connectivity index (χ1) is 8.08. The third-order valence-electron chi connectivity index (χ3n) is 2.64. The van der Waals surface area contributed by atoms with Crippen molar-refractivity contribution in [1.82, 2.24) is 0 Å². The molecule has 1 aliphatic rings. The van der Waals surface area contributed by atoms with E-state index in [1.54, 1.807) is 6.92 Å². The standard InChI is InChI=1S/C11H21NO3S2/c1-3-4-5-6-8-15-17(13,14)10(2)11-12-7-9-16-11/h10H,3-9H2,1-2H3. The van der Waals surface area contributed by atoms with Gasteiger partial charge in [0.1, 0.15) is 5.25 Å². The maximum Gasteiger partial charge on any atom is 0.276 e. The van der Waals surface area contributed by atoms with Gasteiger partial charge in [0.05, 0.1) is 11.7 Å². The second kappa shape index (κ2) is 7.38. The molecule has 6 heteroatoms. The van der Waals surface area contributed by atoms with Crippen LogP contribution in [0.4, 0.5) is 0 Å². The molecule has 0 aromatic heterocycles. The smallest absolute Gasteiger partial charge is 0.276 e. The van der Waals surface area contributed by atoms with Crippen molar-refractivity contribution < 1.29 is 12.6 Å². The molecule has 17 heavy (non-hydrogen) atoms. The van der Waals surface area contributed by atoms with Gasteiger partial charge in [0.15, 0.2) is 0 Å². The fourth-order valence-corrected chi connectivity index (χ4v) is 3.77. The summed E-state index contributed by atoms with van der Waals surface area (Å²) in [4.78, 5) is 4.18. The van der Waals surface area contributed by atoms with Crippen LogP contribution in [-0.4, -0.2) is 37.6 Å². The summed E-state index contributed by atoms with van der Waals surface area (Å²) < 4.78 is 28.7. The van der Waals surface area contributed by atoms with Gasteiger partial charge in [0.25, 0.3) is 10.1 Å². The fraction of sp³-hybridized carbons (Fsp3) is 0.909. The maximum absolute atomic E-state index is 11.8. The Morgan fingerprint density at radius 3 is 2.76 bits per heavy atom. The van der Waals surface area contributed by atoms with Crippen LogP contribution in [0.2, 0.25) is 0 Å². The summed E-state index contributed by atoms with van der Waals surface area (Å²) in [7, 11) is -3.48. The van der Waals surface area contributed by atoms with Crippen LogP contribution in [0, 0.1) is 0 Å². The molecule has 0 bridgehead atoms. The van der Waals surface area contributed by atoms with Crippen molar-refractivity contribution in [3.8, 4) is 0 Å².